The zero-order valence-corrected chi connectivity index (χ0v) is 23.0. The van der Waals surface area contributed by atoms with Crippen LogP contribution in [0.1, 0.15) is 75.0 Å². The van der Waals surface area contributed by atoms with Gasteiger partial charge in [-0.25, -0.2) is 4.39 Å². The van der Waals surface area contributed by atoms with E-state index in [9.17, 15) is 9.90 Å². The second kappa shape index (κ2) is 11.3. The standard InChI is InChI=1S/C34H37FO4/c1-34(2)15-5-8-31(34)29-17-23(11-13-28(29)30-20-26(38-3)12-14-32(30)35)21-39-27-7-4-6-24(18-27)25(19-33(36)37)16-22-9-10-22/h4,6-8,11-14,17-18,20,22,25H,5,9-10,15-16,19,21H2,1-3H3,(H,36,37)/t25-/m1/s1. The lowest BCUT2D eigenvalue weighted by Gasteiger charge is -2.25. The van der Waals surface area contributed by atoms with Crippen molar-refractivity contribution in [1.82, 2.24) is 0 Å². The van der Waals surface area contributed by atoms with Crippen LogP contribution in [0.4, 0.5) is 4.39 Å². The van der Waals surface area contributed by atoms with E-state index in [1.165, 1.54) is 24.5 Å². The fourth-order valence-electron chi connectivity index (χ4n) is 5.77. The summed E-state index contributed by atoms with van der Waals surface area (Å²) in [6, 6.07) is 18.8. The van der Waals surface area contributed by atoms with Gasteiger partial charge in [0.05, 0.1) is 13.5 Å². The van der Waals surface area contributed by atoms with E-state index in [1.807, 2.05) is 36.4 Å². The molecule has 2 aliphatic rings. The lowest BCUT2D eigenvalue weighted by Crippen LogP contribution is -2.10. The molecule has 0 aromatic heterocycles. The highest BCUT2D eigenvalue weighted by molar-refractivity contribution is 5.85. The largest absolute Gasteiger partial charge is 0.497 e. The van der Waals surface area contributed by atoms with E-state index in [-0.39, 0.29) is 23.6 Å². The zero-order valence-electron chi connectivity index (χ0n) is 23.0. The van der Waals surface area contributed by atoms with Crippen molar-refractivity contribution in [3.8, 4) is 22.6 Å². The topological polar surface area (TPSA) is 55.8 Å². The Bertz CT molecular complexity index is 1390. The van der Waals surface area contributed by atoms with E-state index >= 15 is 4.39 Å². The van der Waals surface area contributed by atoms with Crippen LogP contribution in [0.2, 0.25) is 0 Å². The first-order valence-electron chi connectivity index (χ1n) is 13.9. The quantitative estimate of drug-likeness (QED) is 0.271. The molecule has 0 radical (unpaired) electrons. The Hall–Kier alpha value is -3.60. The molecule has 204 valence electrons. The molecular weight excluding hydrogens is 491 g/mol. The first kappa shape index (κ1) is 27.0. The fourth-order valence-corrected chi connectivity index (χ4v) is 5.77. The first-order chi connectivity index (χ1) is 18.7. The van der Waals surface area contributed by atoms with Gasteiger partial charge in [-0.05, 0) is 101 Å². The smallest absolute Gasteiger partial charge is 0.303 e. The summed E-state index contributed by atoms with van der Waals surface area (Å²) < 4.78 is 26.7. The maximum Gasteiger partial charge on any atom is 0.303 e. The van der Waals surface area contributed by atoms with Gasteiger partial charge < -0.3 is 14.6 Å². The van der Waals surface area contributed by atoms with Gasteiger partial charge >= 0.3 is 5.97 Å². The van der Waals surface area contributed by atoms with Crippen LogP contribution in [-0.2, 0) is 11.4 Å². The Morgan fingerprint density at radius 2 is 1.85 bits per heavy atom. The molecule has 4 nitrogen and oxygen atoms in total. The minimum Gasteiger partial charge on any atom is -0.497 e. The van der Waals surface area contributed by atoms with E-state index in [0.29, 0.717) is 23.8 Å². The summed E-state index contributed by atoms with van der Waals surface area (Å²) in [5, 5.41) is 9.44. The van der Waals surface area contributed by atoms with Crippen molar-refractivity contribution in [3.05, 3.63) is 89.2 Å². The van der Waals surface area contributed by atoms with Crippen molar-refractivity contribution in [3.63, 3.8) is 0 Å². The van der Waals surface area contributed by atoms with Crippen LogP contribution in [0.3, 0.4) is 0 Å². The summed E-state index contributed by atoms with van der Waals surface area (Å²) in [6.45, 7) is 4.83. The van der Waals surface area contributed by atoms with Gasteiger partial charge in [-0.3, -0.25) is 4.79 Å². The molecule has 5 heteroatoms. The monoisotopic (exact) mass is 528 g/mol. The van der Waals surface area contributed by atoms with E-state index < -0.39 is 5.97 Å². The molecule has 1 saturated carbocycles. The number of ether oxygens (including phenoxy) is 2. The molecule has 1 N–H and O–H groups in total. The highest BCUT2D eigenvalue weighted by atomic mass is 19.1. The Morgan fingerprint density at radius 3 is 2.54 bits per heavy atom. The second-order valence-corrected chi connectivity index (χ2v) is 11.6. The van der Waals surface area contributed by atoms with Gasteiger partial charge in [0, 0.05) is 5.56 Å². The first-order valence-corrected chi connectivity index (χ1v) is 13.9. The van der Waals surface area contributed by atoms with Crippen LogP contribution in [0, 0.1) is 17.2 Å². The van der Waals surface area contributed by atoms with Gasteiger partial charge in [0.2, 0.25) is 0 Å². The molecule has 0 aliphatic heterocycles. The summed E-state index contributed by atoms with van der Waals surface area (Å²) in [5.74, 6) is 0.932. The van der Waals surface area contributed by atoms with E-state index in [4.69, 9.17) is 9.47 Å². The summed E-state index contributed by atoms with van der Waals surface area (Å²) in [6.07, 6.45) is 7.74. The van der Waals surface area contributed by atoms with Gasteiger partial charge in [0.15, 0.2) is 0 Å². The van der Waals surface area contributed by atoms with Gasteiger partial charge in [-0.15, -0.1) is 0 Å². The molecule has 0 bridgehead atoms. The molecule has 1 atom stereocenters. The number of carboxylic acids is 1. The number of halogens is 1. The average Bonchev–Trinajstić information content (AvgIpc) is 3.66. The molecule has 0 heterocycles. The molecule has 0 unspecified atom stereocenters. The Kier molecular flexibility index (Phi) is 7.79. The minimum absolute atomic E-state index is 0.00117. The number of aliphatic carboxylic acids is 1. The van der Waals surface area contributed by atoms with E-state index in [1.54, 1.807) is 19.2 Å². The molecule has 3 aromatic carbocycles. The Morgan fingerprint density at radius 1 is 1.03 bits per heavy atom. The highest BCUT2D eigenvalue weighted by Gasteiger charge is 2.31. The van der Waals surface area contributed by atoms with E-state index in [2.05, 4.69) is 26.0 Å². The third-order valence-corrected chi connectivity index (χ3v) is 8.16. The molecule has 3 aromatic rings. The number of hydrogen-bond acceptors (Lipinski definition) is 3. The van der Waals surface area contributed by atoms with Crippen LogP contribution in [0.25, 0.3) is 16.7 Å². The summed E-state index contributed by atoms with van der Waals surface area (Å²) in [4.78, 5) is 11.5. The van der Waals surface area contributed by atoms with Crippen molar-refractivity contribution in [2.24, 2.45) is 11.3 Å². The molecule has 0 spiro atoms. The lowest BCUT2D eigenvalue weighted by molar-refractivity contribution is -0.137. The highest BCUT2D eigenvalue weighted by Crippen LogP contribution is 2.47. The van der Waals surface area contributed by atoms with Crippen molar-refractivity contribution in [1.29, 1.82) is 0 Å². The number of allylic oxidation sites excluding steroid dienone is 2. The third-order valence-electron chi connectivity index (χ3n) is 8.16. The fraction of sp³-hybridized carbons (Fsp3) is 0.382. The van der Waals surface area contributed by atoms with Crippen LogP contribution < -0.4 is 9.47 Å². The van der Waals surface area contributed by atoms with E-state index in [0.717, 1.165) is 47.3 Å². The van der Waals surface area contributed by atoms with Gasteiger partial charge in [-0.1, -0.05) is 57.0 Å². The van der Waals surface area contributed by atoms with Crippen LogP contribution in [0.5, 0.6) is 11.5 Å². The van der Waals surface area contributed by atoms with Crippen molar-refractivity contribution >= 4 is 11.5 Å². The molecule has 5 rings (SSSR count). The van der Waals surface area contributed by atoms with Crippen molar-refractivity contribution in [2.75, 3.05) is 7.11 Å². The van der Waals surface area contributed by atoms with Crippen molar-refractivity contribution < 1.29 is 23.8 Å². The average molecular weight is 529 g/mol. The molecule has 1 fully saturated rings. The maximum atomic E-state index is 15.0. The summed E-state index contributed by atoms with van der Waals surface area (Å²) in [5.41, 5.74) is 5.60. The Labute approximate surface area is 230 Å². The Balaban J connectivity index is 1.42. The molecule has 0 saturated heterocycles. The lowest BCUT2D eigenvalue weighted by atomic mass is 9.79. The predicted octanol–water partition coefficient (Wildman–Crippen LogP) is 8.64. The molecule has 0 amide bonds. The maximum absolute atomic E-state index is 15.0. The summed E-state index contributed by atoms with van der Waals surface area (Å²) >= 11 is 0. The second-order valence-electron chi connectivity index (χ2n) is 11.6. The van der Waals surface area contributed by atoms with Gasteiger partial charge in [0.25, 0.3) is 0 Å². The van der Waals surface area contributed by atoms with Crippen LogP contribution >= 0.6 is 0 Å². The predicted molar refractivity (Wildman–Crippen MR) is 152 cm³/mol. The number of methoxy groups -OCH3 is 1. The van der Waals surface area contributed by atoms with Crippen LogP contribution in [-0.4, -0.2) is 18.2 Å². The number of carboxylic acid groups (broad SMARTS) is 1. The van der Waals surface area contributed by atoms with Crippen LogP contribution in [0.15, 0.2) is 66.7 Å². The summed E-state index contributed by atoms with van der Waals surface area (Å²) in [7, 11) is 1.59. The molecule has 39 heavy (non-hydrogen) atoms. The number of carbonyl (C=O) groups is 1. The SMILES string of the molecule is COc1ccc(F)c(-c2ccc(COc3cccc([C@@H](CC(=O)O)CC4CC4)c3)cc2C2=CCCC2(C)C)c1. The van der Waals surface area contributed by atoms with Gasteiger partial charge in [-0.2, -0.15) is 0 Å². The molecular formula is C34H37FO4. The number of rotatable bonds is 11. The third kappa shape index (κ3) is 6.35. The van der Waals surface area contributed by atoms with Crippen molar-refractivity contribution in [2.45, 2.75) is 64.9 Å². The molecule has 2 aliphatic carbocycles. The van der Waals surface area contributed by atoms with Gasteiger partial charge in [0.1, 0.15) is 23.9 Å². The minimum atomic E-state index is -0.767. The zero-order chi connectivity index (χ0) is 27.6. The number of hydrogen-bond donors (Lipinski definition) is 1. The number of benzene rings is 3. The normalized spacial score (nSPS) is 17.0.